The number of hydrogen-bond acceptors (Lipinski definition) is 6. The molecule has 0 aliphatic rings. The van der Waals surface area contributed by atoms with Crippen LogP contribution in [0.2, 0.25) is 0 Å². The molecule has 3 rings (SSSR count). The maximum Gasteiger partial charge on any atom is 0.349 e. The maximum atomic E-state index is 13.6. The molecule has 1 aromatic heterocycles. The number of rotatable bonds is 6. The van der Waals surface area contributed by atoms with E-state index in [2.05, 4.69) is 5.32 Å². The second-order valence-corrected chi connectivity index (χ2v) is 6.70. The summed E-state index contributed by atoms with van der Waals surface area (Å²) in [5.74, 6) is -14.6. The van der Waals surface area contributed by atoms with Crippen molar-refractivity contribution in [3.05, 3.63) is 74.9 Å². The van der Waals surface area contributed by atoms with Gasteiger partial charge in [-0.3, -0.25) is 14.4 Å². The van der Waals surface area contributed by atoms with Crippen LogP contribution in [0, 0.1) is 29.1 Å². The molecule has 0 spiro atoms. The Hall–Kier alpha value is -4.29. The Kier molecular flexibility index (Phi) is 6.94. The number of carbonyl (C=O) groups excluding carboxylic acids is 3. The number of fused-ring (bicyclic) bond motifs is 1. The van der Waals surface area contributed by atoms with Gasteiger partial charge in [0.25, 0.3) is 11.8 Å². The number of esters is 1. The average molecular weight is 484 g/mol. The summed E-state index contributed by atoms with van der Waals surface area (Å²) in [7, 11) is 0. The molecule has 0 fully saturated rings. The molecule has 0 bridgehead atoms. The molecule has 2 N–H and O–H groups in total. The van der Waals surface area contributed by atoms with Gasteiger partial charge in [-0.05, 0) is 18.2 Å². The van der Waals surface area contributed by atoms with Crippen molar-refractivity contribution >= 4 is 28.8 Å². The van der Waals surface area contributed by atoms with E-state index in [9.17, 15) is 41.1 Å². The summed E-state index contributed by atoms with van der Waals surface area (Å²) in [5.41, 5.74) is -3.09. The fourth-order valence-corrected chi connectivity index (χ4v) is 2.82. The van der Waals surface area contributed by atoms with Crippen molar-refractivity contribution in [1.29, 1.82) is 0 Å². The molecule has 0 atom stereocenters. The molecule has 0 unspecified atom stereocenters. The first kappa shape index (κ1) is 24.4. The van der Waals surface area contributed by atoms with Crippen LogP contribution in [-0.4, -0.2) is 30.9 Å². The van der Waals surface area contributed by atoms with E-state index >= 15 is 0 Å². The van der Waals surface area contributed by atoms with E-state index in [4.69, 9.17) is 9.15 Å². The predicted molar refractivity (Wildman–Crippen MR) is 105 cm³/mol. The molecule has 0 aliphatic carbocycles. The number of ether oxygens (including phenoxy) is 1. The normalized spacial score (nSPS) is 10.8. The lowest BCUT2D eigenvalue weighted by molar-refractivity contribution is -0.131. The topological polar surface area (TPSA) is 115 Å². The standard InChI is InChI=1S/C21H13F5N2O6/c1-8(29)33-10-3-2-9-6-11(21(32)34-12(9)7-10)19(30)27-4-5-28-20(31)13-14(22)16(24)18(26)17(25)15(13)23/h2-3,6-7H,4-5H2,1H3,(H,27,30)(H,28,31). The van der Waals surface area contributed by atoms with Gasteiger partial charge in [-0.25, -0.2) is 26.7 Å². The summed E-state index contributed by atoms with van der Waals surface area (Å²) in [6.45, 7) is 0.330. The van der Waals surface area contributed by atoms with Gasteiger partial charge in [-0.2, -0.15) is 0 Å². The minimum atomic E-state index is -2.41. The van der Waals surface area contributed by atoms with Crippen LogP contribution in [0.4, 0.5) is 22.0 Å². The monoisotopic (exact) mass is 484 g/mol. The molecule has 34 heavy (non-hydrogen) atoms. The van der Waals surface area contributed by atoms with Crippen molar-refractivity contribution in [3.8, 4) is 5.75 Å². The first-order chi connectivity index (χ1) is 16.0. The third-order valence-corrected chi connectivity index (χ3v) is 4.35. The molecule has 3 aromatic rings. The highest BCUT2D eigenvalue weighted by Gasteiger charge is 2.29. The van der Waals surface area contributed by atoms with Crippen LogP contribution < -0.4 is 21.0 Å². The zero-order chi connectivity index (χ0) is 25.2. The Morgan fingerprint density at radius 3 is 2.00 bits per heavy atom. The average Bonchev–Trinajstić information content (AvgIpc) is 2.78. The van der Waals surface area contributed by atoms with Crippen LogP contribution in [0.5, 0.6) is 5.75 Å². The van der Waals surface area contributed by atoms with Crippen LogP contribution in [0.1, 0.15) is 27.6 Å². The molecule has 2 aromatic carbocycles. The van der Waals surface area contributed by atoms with Crippen molar-refractivity contribution in [2.45, 2.75) is 6.92 Å². The van der Waals surface area contributed by atoms with Crippen LogP contribution in [0.25, 0.3) is 11.0 Å². The molecule has 13 heteroatoms. The van der Waals surface area contributed by atoms with Crippen LogP contribution in [-0.2, 0) is 4.79 Å². The van der Waals surface area contributed by atoms with Crippen molar-refractivity contribution < 1.29 is 45.5 Å². The Balaban J connectivity index is 1.65. The van der Waals surface area contributed by atoms with Gasteiger partial charge in [-0.1, -0.05) is 0 Å². The SMILES string of the molecule is CC(=O)Oc1ccc2cc(C(=O)NCCNC(=O)c3c(F)c(F)c(F)c(F)c3F)c(=O)oc2c1. The first-order valence-corrected chi connectivity index (χ1v) is 9.35. The molecule has 0 saturated carbocycles. The minimum Gasteiger partial charge on any atom is -0.427 e. The molecule has 0 aliphatic heterocycles. The fourth-order valence-electron chi connectivity index (χ4n) is 2.82. The molecular weight excluding hydrogens is 471 g/mol. The van der Waals surface area contributed by atoms with Gasteiger partial charge in [-0.15, -0.1) is 0 Å². The highest BCUT2D eigenvalue weighted by molar-refractivity contribution is 5.97. The number of benzene rings is 2. The molecule has 1 heterocycles. The summed E-state index contributed by atoms with van der Waals surface area (Å²) in [4.78, 5) is 47.2. The lowest BCUT2D eigenvalue weighted by atomic mass is 10.1. The minimum absolute atomic E-state index is 0.0374. The molecular formula is C21H13F5N2O6. The maximum absolute atomic E-state index is 13.6. The largest absolute Gasteiger partial charge is 0.427 e. The van der Waals surface area contributed by atoms with E-state index in [1.165, 1.54) is 31.2 Å². The zero-order valence-electron chi connectivity index (χ0n) is 17.1. The van der Waals surface area contributed by atoms with E-state index in [1.54, 1.807) is 0 Å². The Morgan fingerprint density at radius 2 is 1.41 bits per heavy atom. The predicted octanol–water partition coefficient (Wildman–Crippen LogP) is 2.57. The smallest absolute Gasteiger partial charge is 0.349 e. The van der Waals surface area contributed by atoms with Gasteiger partial charge in [0.05, 0.1) is 0 Å². The van der Waals surface area contributed by atoms with Crippen molar-refractivity contribution in [2.75, 3.05) is 13.1 Å². The van der Waals surface area contributed by atoms with E-state index in [1.807, 2.05) is 5.32 Å². The summed E-state index contributed by atoms with van der Waals surface area (Å²) < 4.78 is 76.7. The molecule has 0 saturated heterocycles. The van der Waals surface area contributed by atoms with Crippen molar-refractivity contribution in [1.82, 2.24) is 10.6 Å². The third-order valence-electron chi connectivity index (χ3n) is 4.35. The van der Waals surface area contributed by atoms with Crippen LogP contribution in [0.3, 0.4) is 0 Å². The van der Waals surface area contributed by atoms with E-state index in [-0.39, 0.29) is 17.9 Å². The highest BCUT2D eigenvalue weighted by Crippen LogP contribution is 2.23. The molecule has 8 nitrogen and oxygen atoms in total. The van der Waals surface area contributed by atoms with Gasteiger partial charge in [0.1, 0.15) is 22.5 Å². The quantitative estimate of drug-likeness (QED) is 0.106. The molecule has 178 valence electrons. The van der Waals surface area contributed by atoms with Crippen molar-refractivity contribution in [2.24, 2.45) is 0 Å². The number of halogens is 5. The number of nitrogens with one attached hydrogen (secondary N) is 2. The fraction of sp³-hybridized carbons (Fsp3) is 0.143. The van der Waals surface area contributed by atoms with E-state index in [0.717, 1.165) is 0 Å². The first-order valence-electron chi connectivity index (χ1n) is 9.35. The third kappa shape index (κ3) is 4.87. The Morgan fingerprint density at radius 1 is 0.853 bits per heavy atom. The van der Waals surface area contributed by atoms with E-state index in [0.29, 0.717) is 5.39 Å². The Labute approximate surface area is 186 Å². The van der Waals surface area contributed by atoms with Gasteiger partial charge < -0.3 is 19.8 Å². The van der Waals surface area contributed by atoms with Crippen molar-refractivity contribution in [3.63, 3.8) is 0 Å². The van der Waals surface area contributed by atoms with Gasteiger partial charge in [0, 0.05) is 31.5 Å². The molecule has 0 radical (unpaired) electrons. The Bertz CT molecular complexity index is 1360. The number of hydrogen-bond donors (Lipinski definition) is 2. The van der Waals surface area contributed by atoms with Crippen LogP contribution >= 0.6 is 0 Å². The summed E-state index contributed by atoms with van der Waals surface area (Å²) in [6.07, 6.45) is 0. The number of amides is 2. The second-order valence-electron chi connectivity index (χ2n) is 6.70. The summed E-state index contributed by atoms with van der Waals surface area (Å²) in [6, 6.07) is 5.30. The lowest BCUT2D eigenvalue weighted by Crippen LogP contribution is -2.37. The highest BCUT2D eigenvalue weighted by atomic mass is 19.2. The van der Waals surface area contributed by atoms with Gasteiger partial charge in [0.15, 0.2) is 23.3 Å². The summed E-state index contributed by atoms with van der Waals surface area (Å²) >= 11 is 0. The zero-order valence-corrected chi connectivity index (χ0v) is 17.1. The van der Waals surface area contributed by atoms with E-state index < -0.39 is 70.2 Å². The summed E-state index contributed by atoms with van der Waals surface area (Å²) in [5, 5.41) is 4.45. The molecule has 2 amide bonds. The van der Waals surface area contributed by atoms with Crippen LogP contribution in [0.15, 0.2) is 33.5 Å². The number of carbonyl (C=O) groups is 3. The lowest BCUT2D eigenvalue weighted by Gasteiger charge is -2.10. The van der Waals surface area contributed by atoms with Gasteiger partial charge >= 0.3 is 11.6 Å². The van der Waals surface area contributed by atoms with Gasteiger partial charge in [0.2, 0.25) is 5.82 Å². The second kappa shape index (κ2) is 9.68.